The molecule has 2 N–H and O–H groups in total. The van der Waals surface area contributed by atoms with Gasteiger partial charge in [-0.1, -0.05) is 12.1 Å². The second-order valence-corrected chi connectivity index (χ2v) is 11.7. The molecule has 16 heteroatoms. The number of hydrogen-bond acceptors (Lipinski definition) is 8. The Morgan fingerprint density at radius 1 is 0.542 bits per heavy atom. The van der Waals surface area contributed by atoms with Crippen LogP contribution >= 0.6 is 22.7 Å². The Morgan fingerprint density at radius 2 is 0.958 bits per heavy atom. The van der Waals surface area contributed by atoms with Crippen LogP contribution in [0.3, 0.4) is 0 Å². The number of azo groups is 1. The van der Waals surface area contributed by atoms with Crippen LogP contribution in [0, 0.1) is 11.6 Å². The van der Waals surface area contributed by atoms with Gasteiger partial charge in [-0.2, -0.15) is 26.3 Å². The van der Waals surface area contributed by atoms with Gasteiger partial charge in [0.25, 0.3) is 0 Å². The molecule has 6 rings (SSSR count). The highest BCUT2D eigenvalue weighted by atomic mass is 32.1. The van der Waals surface area contributed by atoms with Gasteiger partial charge in [0, 0.05) is 33.3 Å². The molecule has 0 bridgehead atoms. The third-order valence-corrected chi connectivity index (χ3v) is 8.16. The van der Waals surface area contributed by atoms with E-state index in [0.717, 1.165) is 59.1 Å². The fourth-order valence-electron chi connectivity index (χ4n) is 4.33. The average Bonchev–Trinajstić information content (AvgIpc) is 3.71. The zero-order valence-corrected chi connectivity index (χ0v) is 25.5. The summed E-state index contributed by atoms with van der Waals surface area (Å²) in [5.41, 5.74) is -0.0854. The highest BCUT2D eigenvalue weighted by Crippen LogP contribution is 2.36. The summed E-state index contributed by atoms with van der Waals surface area (Å²) in [6, 6.07) is 17.1. The van der Waals surface area contributed by atoms with Crippen molar-refractivity contribution in [2.45, 2.75) is 12.4 Å². The molecule has 0 aliphatic heterocycles. The molecular formula is C32H18F8N6S2. The van der Waals surface area contributed by atoms with E-state index in [1.807, 2.05) is 0 Å². The minimum Gasteiger partial charge on any atom is -0.332 e. The molecule has 2 aromatic heterocycles. The molecule has 6 nitrogen and oxygen atoms in total. The summed E-state index contributed by atoms with van der Waals surface area (Å²) in [7, 11) is 0. The summed E-state index contributed by atoms with van der Waals surface area (Å²) in [6.45, 7) is 0. The van der Waals surface area contributed by atoms with Gasteiger partial charge in [-0.05, 0) is 72.8 Å². The lowest BCUT2D eigenvalue weighted by Crippen LogP contribution is -2.05. The van der Waals surface area contributed by atoms with Crippen molar-refractivity contribution in [1.82, 2.24) is 9.97 Å². The van der Waals surface area contributed by atoms with Gasteiger partial charge >= 0.3 is 12.4 Å². The van der Waals surface area contributed by atoms with Crippen LogP contribution < -0.4 is 10.6 Å². The minimum atomic E-state index is -4.50. The molecule has 0 unspecified atom stereocenters. The molecule has 0 amide bonds. The molecule has 0 saturated carbocycles. The van der Waals surface area contributed by atoms with Gasteiger partial charge < -0.3 is 10.6 Å². The van der Waals surface area contributed by atoms with Crippen LogP contribution in [0.15, 0.2) is 106 Å². The van der Waals surface area contributed by atoms with Crippen LogP contribution in [0.4, 0.5) is 68.1 Å². The molecular weight excluding hydrogens is 685 g/mol. The number of nitrogens with zero attached hydrogens (tertiary/aromatic N) is 4. The number of aromatic nitrogens is 2. The van der Waals surface area contributed by atoms with Gasteiger partial charge in [0.05, 0.1) is 22.5 Å². The molecule has 6 aromatic rings. The van der Waals surface area contributed by atoms with Crippen molar-refractivity contribution in [3.8, 4) is 22.5 Å². The highest BCUT2D eigenvalue weighted by Gasteiger charge is 2.31. The largest absolute Gasteiger partial charge is 0.416 e. The van der Waals surface area contributed by atoms with Crippen molar-refractivity contribution >= 4 is 55.7 Å². The van der Waals surface area contributed by atoms with Crippen molar-refractivity contribution in [3.05, 3.63) is 118 Å². The van der Waals surface area contributed by atoms with Crippen molar-refractivity contribution in [2.24, 2.45) is 10.2 Å². The lowest BCUT2D eigenvalue weighted by molar-refractivity contribution is -0.138. The number of anilines is 4. The van der Waals surface area contributed by atoms with Crippen molar-refractivity contribution in [1.29, 1.82) is 0 Å². The number of benzene rings is 4. The van der Waals surface area contributed by atoms with E-state index in [1.54, 1.807) is 10.8 Å². The Hall–Kier alpha value is -5.22. The summed E-state index contributed by atoms with van der Waals surface area (Å²) in [5, 5.41) is 17.3. The Balaban J connectivity index is 1.18. The molecule has 0 fully saturated rings. The normalized spacial score (nSPS) is 12.1. The molecule has 0 radical (unpaired) electrons. The fourth-order valence-corrected chi connectivity index (χ4v) is 5.81. The fraction of sp³-hybridized carbons (Fsp3) is 0.0625. The summed E-state index contributed by atoms with van der Waals surface area (Å²) in [5.74, 6) is -1.50. The van der Waals surface area contributed by atoms with E-state index in [1.165, 1.54) is 48.5 Å². The topological polar surface area (TPSA) is 74.6 Å². The van der Waals surface area contributed by atoms with Gasteiger partial charge in [-0.15, -0.1) is 32.9 Å². The maximum atomic E-state index is 14.7. The lowest BCUT2D eigenvalue weighted by Gasteiger charge is -2.09. The van der Waals surface area contributed by atoms with E-state index in [0.29, 0.717) is 32.8 Å². The van der Waals surface area contributed by atoms with Gasteiger partial charge in [0.1, 0.15) is 11.4 Å². The van der Waals surface area contributed by atoms with Crippen LogP contribution in [-0.4, -0.2) is 9.97 Å². The zero-order chi connectivity index (χ0) is 34.1. The predicted molar refractivity (Wildman–Crippen MR) is 169 cm³/mol. The number of hydrogen-bond donors (Lipinski definition) is 2. The molecule has 0 aliphatic rings. The Morgan fingerprint density at radius 3 is 1.35 bits per heavy atom. The first-order chi connectivity index (χ1) is 22.8. The molecule has 0 saturated heterocycles. The third kappa shape index (κ3) is 7.66. The molecule has 2 heterocycles. The zero-order valence-electron chi connectivity index (χ0n) is 23.9. The van der Waals surface area contributed by atoms with E-state index >= 15 is 0 Å². The van der Waals surface area contributed by atoms with E-state index in [9.17, 15) is 35.1 Å². The smallest absolute Gasteiger partial charge is 0.332 e. The monoisotopic (exact) mass is 702 g/mol. The quantitative estimate of drug-likeness (QED) is 0.122. The predicted octanol–water partition coefficient (Wildman–Crippen LogP) is 12.2. The van der Waals surface area contributed by atoms with Crippen molar-refractivity contribution in [2.75, 3.05) is 10.6 Å². The second-order valence-electron chi connectivity index (χ2n) is 10.0. The maximum absolute atomic E-state index is 14.7. The Kier molecular flexibility index (Phi) is 8.94. The average molecular weight is 703 g/mol. The Labute approximate surface area is 274 Å². The molecule has 0 spiro atoms. The molecule has 4 aromatic carbocycles. The van der Waals surface area contributed by atoms with Crippen molar-refractivity contribution < 1.29 is 35.1 Å². The summed E-state index contributed by atoms with van der Waals surface area (Å²) in [6.07, 6.45) is -9.01. The molecule has 48 heavy (non-hydrogen) atoms. The molecule has 0 atom stereocenters. The van der Waals surface area contributed by atoms with Crippen LogP contribution in [0.25, 0.3) is 22.5 Å². The number of thiazole rings is 2. The molecule has 244 valence electrons. The van der Waals surface area contributed by atoms with Crippen LogP contribution in [0.5, 0.6) is 0 Å². The lowest BCUT2D eigenvalue weighted by atomic mass is 10.1. The summed E-state index contributed by atoms with van der Waals surface area (Å²) in [4.78, 5) is 8.74. The minimum absolute atomic E-state index is 0.185. The first-order valence-corrected chi connectivity index (χ1v) is 15.4. The maximum Gasteiger partial charge on any atom is 0.416 e. The third-order valence-electron chi connectivity index (χ3n) is 6.64. The van der Waals surface area contributed by atoms with E-state index < -0.39 is 35.1 Å². The summed E-state index contributed by atoms with van der Waals surface area (Å²) >= 11 is 2.24. The number of halogens is 8. The van der Waals surface area contributed by atoms with Crippen LogP contribution in [-0.2, 0) is 12.4 Å². The first-order valence-electron chi connectivity index (χ1n) is 13.6. The summed E-state index contributed by atoms with van der Waals surface area (Å²) < 4.78 is 108. The van der Waals surface area contributed by atoms with Gasteiger partial charge in [0.15, 0.2) is 21.9 Å². The number of rotatable bonds is 8. The van der Waals surface area contributed by atoms with E-state index in [-0.39, 0.29) is 22.7 Å². The van der Waals surface area contributed by atoms with Crippen molar-refractivity contribution in [3.63, 3.8) is 0 Å². The van der Waals surface area contributed by atoms with Crippen LogP contribution in [0.1, 0.15) is 11.1 Å². The second kappa shape index (κ2) is 13.1. The Bertz CT molecular complexity index is 1970. The SMILES string of the molecule is Fc1ccc(-c2csc(Nc3cccc(C(F)(F)F)c3)n2)cc1/N=N/c1cc(-c2csc(Nc3cccc(C(F)(F)F)c3)n2)ccc1F. The molecule has 0 aliphatic carbocycles. The highest BCUT2D eigenvalue weighted by molar-refractivity contribution is 7.14. The number of nitrogens with one attached hydrogen (secondary N) is 2. The van der Waals surface area contributed by atoms with E-state index in [4.69, 9.17) is 0 Å². The van der Waals surface area contributed by atoms with Gasteiger partial charge in [-0.3, -0.25) is 0 Å². The van der Waals surface area contributed by atoms with Crippen LogP contribution in [0.2, 0.25) is 0 Å². The van der Waals surface area contributed by atoms with Gasteiger partial charge in [0.2, 0.25) is 0 Å². The first kappa shape index (κ1) is 32.7. The van der Waals surface area contributed by atoms with E-state index in [2.05, 4.69) is 30.8 Å². The standard InChI is InChI=1S/C32H18F8N6S2/c33-23-9-7-17(27-15-47-29(43-27)41-21-5-1-3-19(13-21)31(35,36)37)11-25(23)45-46-26-12-18(8-10-24(26)34)28-16-48-30(44-28)42-22-6-2-4-20(14-22)32(38,39)40/h1-16H,(H,41,43)(H,42,44)/b46-45+. The van der Waals surface area contributed by atoms with Gasteiger partial charge in [-0.25, -0.2) is 18.7 Å². The number of alkyl halides is 6.